The molecule has 2 rings (SSSR count). The van der Waals surface area contributed by atoms with Crippen molar-refractivity contribution in [1.82, 2.24) is 0 Å². The third-order valence-corrected chi connectivity index (χ3v) is 4.06. The summed E-state index contributed by atoms with van der Waals surface area (Å²) in [5.74, 6) is 1.86. The minimum atomic E-state index is 0.638. The van der Waals surface area contributed by atoms with Crippen molar-refractivity contribution in [1.29, 1.82) is 0 Å². The lowest BCUT2D eigenvalue weighted by Crippen LogP contribution is -2.11. The van der Waals surface area contributed by atoms with Gasteiger partial charge in [-0.1, -0.05) is 44.7 Å². The minimum absolute atomic E-state index is 0.638. The largest absolute Gasteiger partial charge is 0.494 e. The zero-order valence-electron chi connectivity index (χ0n) is 15.6. The number of aryl methyl sites for hydroxylation is 1. The highest BCUT2D eigenvalue weighted by Gasteiger charge is 1.97. The summed E-state index contributed by atoms with van der Waals surface area (Å²) in [7, 11) is 0. The molecule has 3 nitrogen and oxygen atoms in total. The normalized spacial score (nSPS) is 10.5. The molecule has 0 atom stereocenters. The van der Waals surface area contributed by atoms with E-state index in [1.807, 2.05) is 30.3 Å². The molecule has 2 aromatic rings. The van der Waals surface area contributed by atoms with Crippen molar-refractivity contribution in [3.05, 3.63) is 54.1 Å². The van der Waals surface area contributed by atoms with Gasteiger partial charge < -0.3 is 14.8 Å². The molecule has 1 N–H and O–H groups in total. The summed E-state index contributed by atoms with van der Waals surface area (Å²) in [6, 6.07) is 16.3. The molecule has 0 radical (unpaired) electrons. The van der Waals surface area contributed by atoms with E-state index in [1.54, 1.807) is 0 Å². The topological polar surface area (TPSA) is 30.5 Å². The lowest BCUT2D eigenvalue weighted by Gasteiger charge is -2.10. The van der Waals surface area contributed by atoms with E-state index in [9.17, 15) is 0 Å². The molecule has 25 heavy (non-hydrogen) atoms. The highest BCUT2D eigenvalue weighted by molar-refractivity contribution is 5.46. The van der Waals surface area contributed by atoms with Crippen LogP contribution in [-0.2, 0) is 0 Å². The van der Waals surface area contributed by atoms with E-state index >= 15 is 0 Å². The Bertz CT molecular complexity index is 595. The molecule has 2 aromatic carbocycles. The molecule has 3 heteroatoms. The van der Waals surface area contributed by atoms with E-state index in [4.69, 9.17) is 9.47 Å². The molecular formula is C22H31NO2. The predicted octanol–water partition coefficient (Wildman–Crippen LogP) is 5.84. The fraction of sp³-hybridized carbons (Fsp3) is 0.455. The van der Waals surface area contributed by atoms with E-state index in [0.717, 1.165) is 36.8 Å². The number of rotatable bonds is 12. The van der Waals surface area contributed by atoms with Crippen LogP contribution in [-0.4, -0.2) is 19.8 Å². The molecule has 0 heterocycles. The predicted molar refractivity (Wildman–Crippen MR) is 106 cm³/mol. The van der Waals surface area contributed by atoms with Crippen LogP contribution in [0.4, 0.5) is 5.69 Å². The maximum Gasteiger partial charge on any atom is 0.119 e. The summed E-state index contributed by atoms with van der Waals surface area (Å²) in [6.07, 6.45) is 6.32. The molecule has 0 saturated heterocycles. The van der Waals surface area contributed by atoms with Gasteiger partial charge in [0.25, 0.3) is 0 Å². The van der Waals surface area contributed by atoms with Crippen molar-refractivity contribution < 1.29 is 9.47 Å². The quantitative estimate of drug-likeness (QED) is 0.492. The first kappa shape index (κ1) is 19.2. The van der Waals surface area contributed by atoms with Gasteiger partial charge in [-0.25, -0.2) is 0 Å². The number of hydrogen-bond donors (Lipinski definition) is 1. The molecule has 0 aromatic heterocycles. The van der Waals surface area contributed by atoms with Crippen LogP contribution in [0.1, 0.15) is 44.6 Å². The van der Waals surface area contributed by atoms with E-state index in [0.29, 0.717) is 6.61 Å². The number of benzene rings is 2. The van der Waals surface area contributed by atoms with Crippen molar-refractivity contribution in [2.24, 2.45) is 0 Å². The van der Waals surface area contributed by atoms with Crippen LogP contribution in [0, 0.1) is 6.92 Å². The fourth-order valence-electron chi connectivity index (χ4n) is 2.63. The Balaban J connectivity index is 1.60. The SMILES string of the molecule is CCCCCCCOc1ccc(NCCOc2cccc(C)c2)cc1. The van der Waals surface area contributed by atoms with E-state index < -0.39 is 0 Å². The molecule has 0 fully saturated rings. The Morgan fingerprint density at radius 2 is 1.56 bits per heavy atom. The van der Waals surface area contributed by atoms with Crippen molar-refractivity contribution in [2.45, 2.75) is 46.0 Å². The fourth-order valence-corrected chi connectivity index (χ4v) is 2.63. The van der Waals surface area contributed by atoms with Gasteiger partial charge in [0.05, 0.1) is 6.61 Å². The van der Waals surface area contributed by atoms with Crippen LogP contribution in [0.5, 0.6) is 11.5 Å². The van der Waals surface area contributed by atoms with Crippen LogP contribution in [0.2, 0.25) is 0 Å². The van der Waals surface area contributed by atoms with Crippen molar-refractivity contribution in [2.75, 3.05) is 25.1 Å². The molecule has 0 bridgehead atoms. The molecule has 0 aliphatic rings. The van der Waals surface area contributed by atoms with Gasteiger partial charge in [-0.3, -0.25) is 0 Å². The number of unbranched alkanes of at least 4 members (excludes halogenated alkanes) is 4. The zero-order valence-corrected chi connectivity index (χ0v) is 15.6. The first-order chi connectivity index (χ1) is 12.3. The Hall–Kier alpha value is -2.16. The zero-order chi connectivity index (χ0) is 17.7. The van der Waals surface area contributed by atoms with Gasteiger partial charge in [0.1, 0.15) is 18.1 Å². The van der Waals surface area contributed by atoms with E-state index in [2.05, 4.69) is 37.4 Å². The van der Waals surface area contributed by atoms with Crippen LogP contribution in [0.15, 0.2) is 48.5 Å². The second-order valence-electron chi connectivity index (χ2n) is 6.38. The number of ether oxygens (including phenoxy) is 2. The van der Waals surface area contributed by atoms with Gasteiger partial charge >= 0.3 is 0 Å². The Kier molecular flexibility index (Phi) is 8.74. The summed E-state index contributed by atoms with van der Waals surface area (Å²) in [6.45, 7) is 6.52. The molecular weight excluding hydrogens is 310 g/mol. The van der Waals surface area contributed by atoms with Crippen molar-refractivity contribution >= 4 is 5.69 Å². The number of anilines is 1. The Morgan fingerprint density at radius 3 is 2.32 bits per heavy atom. The minimum Gasteiger partial charge on any atom is -0.494 e. The van der Waals surface area contributed by atoms with Gasteiger partial charge in [0, 0.05) is 12.2 Å². The van der Waals surface area contributed by atoms with Gasteiger partial charge in [-0.15, -0.1) is 0 Å². The molecule has 0 amide bonds. The second kappa shape index (κ2) is 11.4. The lowest BCUT2D eigenvalue weighted by atomic mass is 10.2. The van der Waals surface area contributed by atoms with Crippen molar-refractivity contribution in [3.8, 4) is 11.5 Å². The summed E-state index contributed by atoms with van der Waals surface area (Å²) >= 11 is 0. The van der Waals surface area contributed by atoms with Gasteiger partial charge in [0.2, 0.25) is 0 Å². The van der Waals surface area contributed by atoms with Crippen molar-refractivity contribution in [3.63, 3.8) is 0 Å². The van der Waals surface area contributed by atoms with E-state index in [1.165, 1.54) is 31.2 Å². The standard InChI is InChI=1S/C22H31NO2/c1-3-4-5-6-7-16-24-21-13-11-20(12-14-21)23-15-17-25-22-10-8-9-19(2)18-22/h8-14,18,23H,3-7,15-17H2,1-2H3. The first-order valence-corrected chi connectivity index (χ1v) is 9.44. The summed E-state index contributed by atoms with van der Waals surface area (Å²) in [5, 5.41) is 3.37. The molecule has 0 aliphatic heterocycles. The van der Waals surface area contributed by atoms with Gasteiger partial charge in [0.15, 0.2) is 0 Å². The summed E-state index contributed by atoms with van der Waals surface area (Å²) in [4.78, 5) is 0. The van der Waals surface area contributed by atoms with Crippen LogP contribution in [0.25, 0.3) is 0 Å². The second-order valence-corrected chi connectivity index (χ2v) is 6.38. The number of hydrogen-bond acceptors (Lipinski definition) is 3. The Labute approximate surface area is 152 Å². The van der Waals surface area contributed by atoms with Crippen LogP contribution >= 0.6 is 0 Å². The highest BCUT2D eigenvalue weighted by atomic mass is 16.5. The maximum absolute atomic E-state index is 5.78. The molecule has 136 valence electrons. The molecule has 0 saturated carbocycles. The maximum atomic E-state index is 5.78. The summed E-state index contributed by atoms with van der Waals surface area (Å²) in [5.41, 5.74) is 2.30. The van der Waals surface area contributed by atoms with Crippen LogP contribution < -0.4 is 14.8 Å². The van der Waals surface area contributed by atoms with E-state index in [-0.39, 0.29) is 0 Å². The highest BCUT2D eigenvalue weighted by Crippen LogP contribution is 2.16. The third kappa shape index (κ3) is 7.97. The molecule has 0 aliphatic carbocycles. The molecule has 0 unspecified atom stereocenters. The summed E-state index contributed by atoms with van der Waals surface area (Å²) < 4.78 is 11.5. The third-order valence-electron chi connectivity index (χ3n) is 4.06. The molecule has 0 spiro atoms. The van der Waals surface area contributed by atoms with Gasteiger partial charge in [-0.2, -0.15) is 0 Å². The average molecular weight is 341 g/mol. The Morgan fingerprint density at radius 1 is 0.800 bits per heavy atom. The van der Waals surface area contributed by atoms with Gasteiger partial charge in [-0.05, 0) is 55.3 Å². The first-order valence-electron chi connectivity index (χ1n) is 9.44. The smallest absolute Gasteiger partial charge is 0.119 e. The average Bonchev–Trinajstić information content (AvgIpc) is 2.63. The monoisotopic (exact) mass is 341 g/mol. The van der Waals surface area contributed by atoms with Crippen LogP contribution in [0.3, 0.4) is 0 Å². The lowest BCUT2D eigenvalue weighted by molar-refractivity contribution is 0.304. The number of nitrogens with one attached hydrogen (secondary N) is 1.